The molecule has 2 rings (SSSR count). The Labute approximate surface area is 90.9 Å². The molecule has 0 saturated heterocycles. The molecule has 72 valence electrons. The standard InChI is InChI=1S/C10H10BrN3/c1-7-8(4-3-5-9(7)11)10-12-6-14(2)13-10/h3-6H,1-2H3. The van der Waals surface area contributed by atoms with Gasteiger partial charge < -0.3 is 0 Å². The second-order valence-corrected chi connectivity index (χ2v) is 4.01. The minimum atomic E-state index is 0.770. The van der Waals surface area contributed by atoms with Crippen molar-refractivity contribution >= 4 is 15.9 Å². The molecular weight excluding hydrogens is 242 g/mol. The SMILES string of the molecule is Cc1c(Br)cccc1-c1ncn(C)n1. The molecule has 0 radical (unpaired) electrons. The van der Waals surface area contributed by atoms with E-state index in [4.69, 9.17) is 0 Å². The number of aryl methyl sites for hydroxylation is 1. The smallest absolute Gasteiger partial charge is 0.181 e. The lowest BCUT2D eigenvalue weighted by Crippen LogP contribution is -1.90. The van der Waals surface area contributed by atoms with Gasteiger partial charge in [-0.25, -0.2) is 4.98 Å². The Balaban J connectivity index is 2.57. The largest absolute Gasteiger partial charge is 0.255 e. The van der Waals surface area contributed by atoms with Crippen LogP contribution in [0, 0.1) is 6.92 Å². The van der Waals surface area contributed by atoms with Crippen LogP contribution in [0.4, 0.5) is 0 Å². The maximum Gasteiger partial charge on any atom is 0.181 e. The zero-order chi connectivity index (χ0) is 10.1. The lowest BCUT2D eigenvalue weighted by molar-refractivity contribution is 0.768. The second-order valence-electron chi connectivity index (χ2n) is 3.15. The fraction of sp³-hybridized carbons (Fsp3) is 0.200. The van der Waals surface area contributed by atoms with E-state index in [9.17, 15) is 0 Å². The minimum absolute atomic E-state index is 0.770. The summed E-state index contributed by atoms with van der Waals surface area (Å²) in [4.78, 5) is 4.22. The van der Waals surface area contributed by atoms with E-state index in [0.717, 1.165) is 15.9 Å². The maximum atomic E-state index is 4.27. The van der Waals surface area contributed by atoms with Crippen LogP contribution in [-0.4, -0.2) is 14.8 Å². The first kappa shape index (κ1) is 9.40. The molecule has 4 heteroatoms. The van der Waals surface area contributed by atoms with Gasteiger partial charge in [0.05, 0.1) is 0 Å². The zero-order valence-corrected chi connectivity index (χ0v) is 9.62. The monoisotopic (exact) mass is 251 g/mol. The lowest BCUT2D eigenvalue weighted by atomic mass is 10.1. The Morgan fingerprint density at radius 3 is 2.79 bits per heavy atom. The highest BCUT2D eigenvalue weighted by atomic mass is 79.9. The van der Waals surface area contributed by atoms with Crippen molar-refractivity contribution in [1.82, 2.24) is 14.8 Å². The highest BCUT2D eigenvalue weighted by Gasteiger charge is 2.07. The Morgan fingerprint density at radius 1 is 1.36 bits per heavy atom. The molecule has 1 aromatic carbocycles. The molecule has 0 N–H and O–H groups in total. The van der Waals surface area contributed by atoms with E-state index in [2.05, 4.69) is 32.9 Å². The van der Waals surface area contributed by atoms with Gasteiger partial charge in [-0.1, -0.05) is 28.1 Å². The third kappa shape index (κ3) is 1.57. The van der Waals surface area contributed by atoms with Gasteiger partial charge in [-0.15, -0.1) is 0 Å². The van der Waals surface area contributed by atoms with Gasteiger partial charge in [0, 0.05) is 17.1 Å². The van der Waals surface area contributed by atoms with Crippen LogP contribution in [0.3, 0.4) is 0 Å². The first-order chi connectivity index (χ1) is 6.68. The van der Waals surface area contributed by atoms with E-state index in [1.165, 1.54) is 5.56 Å². The summed E-state index contributed by atoms with van der Waals surface area (Å²) in [5, 5.41) is 4.27. The second kappa shape index (κ2) is 3.53. The Hall–Kier alpha value is -1.16. The summed E-state index contributed by atoms with van der Waals surface area (Å²) in [5.74, 6) is 0.770. The van der Waals surface area contributed by atoms with Crippen LogP contribution < -0.4 is 0 Å². The van der Waals surface area contributed by atoms with Crippen LogP contribution in [0.15, 0.2) is 29.0 Å². The van der Waals surface area contributed by atoms with E-state index < -0.39 is 0 Å². The predicted molar refractivity (Wildman–Crippen MR) is 58.9 cm³/mol. The number of aromatic nitrogens is 3. The van der Waals surface area contributed by atoms with E-state index >= 15 is 0 Å². The topological polar surface area (TPSA) is 30.7 Å². The molecule has 0 fully saturated rings. The van der Waals surface area contributed by atoms with Gasteiger partial charge in [0.1, 0.15) is 6.33 Å². The van der Waals surface area contributed by atoms with Gasteiger partial charge in [0.15, 0.2) is 5.82 Å². The predicted octanol–water partition coefficient (Wildman–Crippen LogP) is 2.55. The third-order valence-electron chi connectivity index (χ3n) is 2.11. The number of rotatable bonds is 1. The summed E-state index contributed by atoms with van der Waals surface area (Å²) in [7, 11) is 1.86. The van der Waals surface area contributed by atoms with Crippen molar-refractivity contribution in [3.05, 3.63) is 34.6 Å². The molecule has 1 heterocycles. The van der Waals surface area contributed by atoms with Crippen LogP contribution >= 0.6 is 15.9 Å². The van der Waals surface area contributed by atoms with E-state index in [1.807, 2.05) is 25.2 Å². The van der Waals surface area contributed by atoms with Gasteiger partial charge in [-0.3, -0.25) is 4.68 Å². The number of benzene rings is 1. The van der Waals surface area contributed by atoms with Crippen molar-refractivity contribution in [2.45, 2.75) is 6.92 Å². The van der Waals surface area contributed by atoms with Crippen LogP contribution in [0.1, 0.15) is 5.56 Å². The average molecular weight is 252 g/mol. The maximum absolute atomic E-state index is 4.27. The Bertz CT molecular complexity index is 462. The molecule has 1 aromatic heterocycles. The molecule has 0 unspecified atom stereocenters. The fourth-order valence-electron chi connectivity index (χ4n) is 1.31. The molecule has 0 saturated carbocycles. The molecule has 0 amide bonds. The van der Waals surface area contributed by atoms with E-state index in [-0.39, 0.29) is 0 Å². The van der Waals surface area contributed by atoms with E-state index in [1.54, 1.807) is 11.0 Å². The molecule has 0 spiro atoms. The molecule has 2 aromatic rings. The molecular formula is C10H10BrN3. The zero-order valence-electron chi connectivity index (χ0n) is 8.03. The molecule has 3 nitrogen and oxygen atoms in total. The number of hydrogen-bond acceptors (Lipinski definition) is 2. The quantitative estimate of drug-likeness (QED) is 0.780. The molecule has 0 aliphatic rings. The Morgan fingerprint density at radius 2 is 2.14 bits per heavy atom. The van der Waals surface area contributed by atoms with Crippen LogP contribution in [0.25, 0.3) is 11.4 Å². The van der Waals surface area contributed by atoms with Crippen molar-refractivity contribution in [3.8, 4) is 11.4 Å². The van der Waals surface area contributed by atoms with Crippen LogP contribution in [0.5, 0.6) is 0 Å². The van der Waals surface area contributed by atoms with Gasteiger partial charge >= 0.3 is 0 Å². The normalized spacial score (nSPS) is 10.5. The van der Waals surface area contributed by atoms with Gasteiger partial charge in [-0.05, 0) is 18.6 Å². The van der Waals surface area contributed by atoms with Crippen molar-refractivity contribution in [3.63, 3.8) is 0 Å². The summed E-state index contributed by atoms with van der Waals surface area (Å²) >= 11 is 3.49. The number of hydrogen-bond donors (Lipinski definition) is 0. The lowest BCUT2D eigenvalue weighted by Gasteiger charge is -2.02. The van der Waals surface area contributed by atoms with E-state index in [0.29, 0.717) is 0 Å². The first-order valence-corrected chi connectivity index (χ1v) is 5.09. The number of halogens is 1. The molecule has 0 aliphatic carbocycles. The van der Waals surface area contributed by atoms with Crippen molar-refractivity contribution in [1.29, 1.82) is 0 Å². The highest BCUT2D eigenvalue weighted by Crippen LogP contribution is 2.25. The number of nitrogens with zero attached hydrogens (tertiary/aromatic N) is 3. The first-order valence-electron chi connectivity index (χ1n) is 4.29. The summed E-state index contributed by atoms with van der Waals surface area (Å²) < 4.78 is 2.79. The average Bonchev–Trinajstić information content (AvgIpc) is 2.57. The highest BCUT2D eigenvalue weighted by molar-refractivity contribution is 9.10. The molecule has 14 heavy (non-hydrogen) atoms. The summed E-state index contributed by atoms with van der Waals surface area (Å²) in [6.07, 6.45) is 1.70. The van der Waals surface area contributed by atoms with Crippen molar-refractivity contribution < 1.29 is 0 Å². The van der Waals surface area contributed by atoms with Gasteiger partial charge in [-0.2, -0.15) is 5.10 Å². The van der Waals surface area contributed by atoms with Gasteiger partial charge in [0.25, 0.3) is 0 Å². The van der Waals surface area contributed by atoms with Crippen molar-refractivity contribution in [2.24, 2.45) is 7.05 Å². The summed E-state index contributed by atoms with van der Waals surface area (Å²) in [5.41, 5.74) is 2.23. The summed E-state index contributed by atoms with van der Waals surface area (Å²) in [6.45, 7) is 2.05. The fourth-order valence-corrected chi connectivity index (χ4v) is 1.68. The van der Waals surface area contributed by atoms with Crippen LogP contribution in [0.2, 0.25) is 0 Å². The summed E-state index contributed by atoms with van der Waals surface area (Å²) in [6, 6.07) is 6.03. The molecule has 0 atom stereocenters. The molecule has 0 aliphatic heterocycles. The third-order valence-corrected chi connectivity index (χ3v) is 2.97. The molecule has 0 bridgehead atoms. The van der Waals surface area contributed by atoms with Crippen LogP contribution in [-0.2, 0) is 7.05 Å². The van der Waals surface area contributed by atoms with Gasteiger partial charge in [0.2, 0.25) is 0 Å². The Kier molecular flexibility index (Phi) is 2.37. The van der Waals surface area contributed by atoms with Crippen molar-refractivity contribution in [2.75, 3.05) is 0 Å². The minimum Gasteiger partial charge on any atom is -0.255 e.